The predicted octanol–water partition coefficient (Wildman–Crippen LogP) is 3.50. The van der Waals surface area contributed by atoms with Gasteiger partial charge in [0.05, 0.1) is 63.6 Å². The number of amides is 1. The molecular weight excluding hydrogens is 793 g/mol. The van der Waals surface area contributed by atoms with Gasteiger partial charge in [-0.15, -0.1) is 5.10 Å². The lowest BCUT2D eigenvalue weighted by Gasteiger charge is -2.25. The zero-order chi connectivity index (χ0) is 41.8. The van der Waals surface area contributed by atoms with E-state index in [4.69, 9.17) is 9.47 Å². The first kappa shape index (κ1) is 40.5. The van der Waals surface area contributed by atoms with E-state index >= 15 is 8.78 Å². The molecule has 59 heavy (non-hydrogen) atoms. The summed E-state index contributed by atoms with van der Waals surface area (Å²) in [6, 6.07) is 9.35. The van der Waals surface area contributed by atoms with Crippen LogP contribution in [-0.4, -0.2) is 73.6 Å². The van der Waals surface area contributed by atoms with E-state index in [2.05, 4.69) is 25.6 Å². The van der Waals surface area contributed by atoms with Gasteiger partial charge in [0.1, 0.15) is 29.5 Å². The normalized spacial score (nSPS) is 13.9. The van der Waals surface area contributed by atoms with Crippen LogP contribution in [-0.2, 0) is 44.4 Å². The third kappa shape index (κ3) is 8.77. The molecule has 2 aromatic carbocycles. The molecule has 1 aliphatic carbocycles. The molecule has 0 spiro atoms. The van der Waals surface area contributed by atoms with Gasteiger partial charge in [0.25, 0.3) is 21.5 Å². The Morgan fingerprint density at radius 1 is 0.949 bits per heavy atom. The Labute approximate surface area is 334 Å². The number of rotatable bonds is 13. The molecule has 306 valence electrons. The summed E-state index contributed by atoms with van der Waals surface area (Å²) in [6.45, 7) is 0.223. The van der Waals surface area contributed by atoms with Crippen LogP contribution in [0.2, 0.25) is 0 Å². The number of benzene rings is 2. The Hall–Kier alpha value is -6.67. The van der Waals surface area contributed by atoms with E-state index in [1.54, 1.807) is 6.20 Å². The number of esters is 1. The first-order valence-electron chi connectivity index (χ1n) is 18.4. The molecule has 4 heterocycles. The van der Waals surface area contributed by atoms with Crippen LogP contribution in [0.15, 0.2) is 93.9 Å². The van der Waals surface area contributed by atoms with Gasteiger partial charge in [-0.2, -0.15) is 0 Å². The Bertz CT molecular complexity index is 2770. The predicted molar refractivity (Wildman–Crippen MR) is 208 cm³/mol. The number of hydrogen-bond donors (Lipinski definition) is 2. The van der Waals surface area contributed by atoms with Gasteiger partial charge in [-0.05, 0) is 74.2 Å². The van der Waals surface area contributed by atoms with Gasteiger partial charge >= 0.3 is 11.7 Å². The molecule has 1 atom stereocenters. The van der Waals surface area contributed by atoms with Crippen LogP contribution in [0.4, 0.5) is 14.5 Å². The van der Waals surface area contributed by atoms with Crippen molar-refractivity contribution in [2.45, 2.75) is 62.2 Å². The van der Waals surface area contributed by atoms with Crippen LogP contribution < -0.4 is 21.3 Å². The van der Waals surface area contributed by atoms with Crippen molar-refractivity contribution in [1.82, 2.24) is 39.4 Å². The second-order valence-electron chi connectivity index (χ2n) is 13.8. The number of sulfonamides is 1. The van der Waals surface area contributed by atoms with Gasteiger partial charge in [0.15, 0.2) is 0 Å². The maximum Gasteiger partial charge on any atom is 0.335 e. The summed E-state index contributed by atoms with van der Waals surface area (Å²) in [5.41, 5.74) is -1.08. The minimum Gasteiger partial charge on any atom is -0.461 e. The van der Waals surface area contributed by atoms with Crippen molar-refractivity contribution in [3.63, 3.8) is 0 Å². The summed E-state index contributed by atoms with van der Waals surface area (Å²) in [5, 5.41) is 10.6. The molecule has 0 radical (unpaired) electrons. The van der Waals surface area contributed by atoms with E-state index in [9.17, 15) is 27.6 Å². The number of methoxy groups -OCH3 is 1. The van der Waals surface area contributed by atoms with Crippen LogP contribution >= 0.6 is 0 Å². The number of halogens is 2. The summed E-state index contributed by atoms with van der Waals surface area (Å²) >= 11 is 0. The van der Waals surface area contributed by atoms with Crippen LogP contribution in [0.3, 0.4) is 0 Å². The summed E-state index contributed by atoms with van der Waals surface area (Å²) < 4.78 is 73.6. The zero-order valence-electron chi connectivity index (χ0n) is 31.7. The number of carbonyl (C=O) groups is 2. The standard InChI is InChI=1S/C39H37F2N9O8S/c1-48-35-20-42-15-14-29(35)37(52)50(39(48)54)26-9-8-23(43-19-26)16-34(38(53)58-27-6-4-3-5-7-27)44-36(51)30-17-32(41)33(18-31(30)40)46-59(55,56)28-12-10-25(11-13-28)49-21-24(22-57-2)45-47-49/h8-15,17-21,27,34,46H,3-7,16,22H2,1-2H3,(H,44,51)/t34-/m0/s1. The van der Waals surface area contributed by atoms with E-state index in [1.807, 2.05) is 4.72 Å². The Balaban J connectivity index is 1.09. The van der Waals surface area contributed by atoms with Crippen LogP contribution in [0, 0.1) is 11.6 Å². The maximum atomic E-state index is 15.5. The molecule has 17 nitrogen and oxygen atoms in total. The van der Waals surface area contributed by atoms with E-state index in [1.165, 1.54) is 84.5 Å². The van der Waals surface area contributed by atoms with Crippen LogP contribution in [0.5, 0.6) is 0 Å². The average Bonchev–Trinajstić information content (AvgIpc) is 3.70. The Morgan fingerprint density at radius 2 is 1.69 bits per heavy atom. The SMILES string of the molecule is COCc1cn(-c2ccc(S(=O)(=O)Nc3cc(F)c(C(=O)N[C@@H](Cc4ccc(-n5c(=O)c6ccncc6n(C)c5=O)cn4)C(=O)OC4CCCCC4)cc3F)cc2)nn1. The summed E-state index contributed by atoms with van der Waals surface area (Å²) in [4.78, 5) is 61.5. The molecule has 4 aromatic heterocycles. The lowest BCUT2D eigenvalue weighted by molar-refractivity contribution is -0.152. The molecule has 0 aliphatic heterocycles. The Kier molecular flexibility index (Phi) is 11.7. The van der Waals surface area contributed by atoms with E-state index in [0.717, 1.165) is 23.8 Å². The van der Waals surface area contributed by atoms with Crippen molar-refractivity contribution < 1.29 is 36.3 Å². The molecule has 1 fully saturated rings. The van der Waals surface area contributed by atoms with E-state index < -0.39 is 68.2 Å². The van der Waals surface area contributed by atoms with Crippen molar-refractivity contribution in [2.75, 3.05) is 11.8 Å². The number of hydrogen-bond acceptors (Lipinski definition) is 12. The number of pyridine rings is 2. The zero-order valence-corrected chi connectivity index (χ0v) is 32.5. The minimum absolute atomic E-state index is 0.136. The fourth-order valence-corrected chi connectivity index (χ4v) is 7.74. The molecule has 1 amide bonds. The van der Waals surface area contributed by atoms with Crippen molar-refractivity contribution in [1.29, 1.82) is 0 Å². The smallest absolute Gasteiger partial charge is 0.335 e. The molecule has 1 saturated carbocycles. The highest BCUT2D eigenvalue weighted by molar-refractivity contribution is 7.92. The van der Waals surface area contributed by atoms with Gasteiger partial charge in [0, 0.05) is 38.5 Å². The molecule has 20 heteroatoms. The van der Waals surface area contributed by atoms with Crippen molar-refractivity contribution in [2.24, 2.45) is 7.05 Å². The molecule has 7 rings (SSSR count). The monoisotopic (exact) mass is 829 g/mol. The van der Waals surface area contributed by atoms with E-state index in [0.29, 0.717) is 41.9 Å². The van der Waals surface area contributed by atoms with Gasteiger partial charge in [-0.25, -0.2) is 36.0 Å². The largest absolute Gasteiger partial charge is 0.461 e. The van der Waals surface area contributed by atoms with Gasteiger partial charge in [-0.1, -0.05) is 11.6 Å². The topological polar surface area (TPSA) is 211 Å². The number of nitrogens with one attached hydrogen (secondary N) is 2. The minimum atomic E-state index is -4.44. The van der Waals surface area contributed by atoms with Gasteiger partial charge in [-0.3, -0.25) is 28.8 Å². The molecular formula is C39H37F2N9O8S. The lowest BCUT2D eigenvalue weighted by atomic mass is 9.97. The number of aryl methyl sites for hydroxylation is 1. The van der Waals surface area contributed by atoms with Crippen molar-refractivity contribution in [3.8, 4) is 11.4 Å². The van der Waals surface area contributed by atoms with Gasteiger partial charge in [0.2, 0.25) is 0 Å². The van der Waals surface area contributed by atoms with Crippen molar-refractivity contribution in [3.05, 3.63) is 129 Å². The fourth-order valence-electron chi connectivity index (χ4n) is 6.68. The number of carbonyl (C=O) groups excluding carboxylic acids is 2. The highest BCUT2D eigenvalue weighted by Crippen LogP contribution is 2.25. The number of anilines is 1. The van der Waals surface area contributed by atoms with Crippen LogP contribution in [0.25, 0.3) is 22.3 Å². The molecule has 0 bridgehead atoms. The molecule has 2 N–H and O–H groups in total. The number of nitrogens with zero attached hydrogens (tertiary/aromatic N) is 7. The highest BCUT2D eigenvalue weighted by Gasteiger charge is 2.29. The third-order valence-corrected chi connectivity index (χ3v) is 11.2. The Morgan fingerprint density at radius 3 is 2.41 bits per heavy atom. The molecule has 0 unspecified atom stereocenters. The highest BCUT2D eigenvalue weighted by atomic mass is 32.2. The molecule has 0 saturated heterocycles. The summed E-state index contributed by atoms with van der Waals surface area (Å²) in [6.07, 6.45) is 8.91. The molecule has 6 aromatic rings. The summed E-state index contributed by atoms with van der Waals surface area (Å²) in [5.74, 6) is -4.57. The van der Waals surface area contributed by atoms with Gasteiger partial charge < -0.3 is 14.8 Å². The number of fused-ring (bicyclic) bond motifs is 1. The maximum absolute atomic E-state index is 15.5. The quantitative estimate of drug-likeness (QED) is 0.160. The van der Waals surface area contributed by atoms with E-state index in [-0.39, 0.29) is 34.7 Å². The lowest BCUT2D eigenvalue weighted by Crippen LogP contribution is -2.45. The molecule has 1 aliphatic rings. The average molecular weight is 830 g/mol. The first-order chi connectivity index (χ1) is 28.3. The first-order valence-corrected chi connectivity index (χ1v) is 19.9. The fraction of sp³-hybridized carbons (Fsp3) is 0.282. The second-order valence-corrected chi connectivity index (χ2v) is 15.5. The van der Waals surface area contributed by atoms with Crippen LogP contribution in [0.1, 0.15) is 53.8 Å². The second kappa shape index (κ2) is 17.0. The summed E-state index contributed by atoms with van der Waals surface area (Å²) in [7, 11) is -1.44. The number of ether oxygens (including phenoxy) is 2. The van der Waals surface area contributed by atoms with Crippen molar-refractivity contribution >= 4 is 38.5 Å². The number of aromatic nitrogens is 7. The third-order valence-electron chi connectivity index (χ3n) is 9.77.